The van der Waals surface area contributed by atoms with Gasteiger partial charge in [-0.25, -0.2) is 4.98 Å². The number of hydrogen-bond acceptors (Lipinski definition) is 3. The van der Waals surface area contributed by atoms with Gasteiger partial charge in [0.2, 0.25) is 0 Å². The number of carbonyl (C=O) groups excluding carboxylic acids is 1. The maximum absolute atomic E-state index is 13.1. The van der Waals surface area contributed by atoms with E-state index in [1.54, 1.807) is 13.1 Å². The fourth-order valence-electron chi connectivity index (χ4n) is 3.68. The molecule has 2 aromatic heterocycles. The summed E-state index contributed by atoms with van der Waals surface area (Å²) in [7, 11) is 0. The van der Waals surface area contributed by atoms with Gasteiger partial charge in [0.15, 0.2) is 0 Å². The third kappa shape index (κ3) is 2.96. The minimum atomic E-state index is -0.506. The molecule has 1 fully saturated rings. The van der Waals surface area contributed by atoms with Crippen molar-refractivity contribution in [3.63, 3.8) is 0 Å². The summed E-state index contributed by atoms with van der Waals surface area (Å²) in [4.78, 5) is 19.4. The number of aliphatic hydroxyl groups is 1. The molecule has 0 spiro atoms. The van der Waals surface area contributed by atoms with E-state index in [-0.39, 0.29) is 11.9 Å². The van der Waals surface area contributed by atoms with Gasteiger partial charge < -0.3 is 14.6 Å². The van der Waals surface area contributed by atoms with Gasteiger partial charge in [-0.1, -0.05) is 6.07 Å². The lowest BCUT2D eigenvalue weighted by molar-refractivity contribution is 0.0280. The number of aryl methyl sites for hydroxylation is 1. The summed E-state index contributed by atoms with van der Waals surface area (Å²) in [6.07, 6.45) is 4.17. The van der Waals surface area contributed by atoms with Crippen LogP contribution in [-0.2, 0) is 0 Å². The minimum Gasteiger partial charge on any atom is -0.391 e. The van der Waals surface area contributed by atoms with Crippen LogP contribution in [0.4, 0.5) is 0 Å². The molecule has 5 heteroatoms. The highest BCUT2D eigenvalue weighted by Gasteiger charge is 2.32. The molecule has 2 unspecified atom stereocenters. The molecule has 5 nitrogen and oxygen atoms in total. The van der Waals surface area contributed by atoms with Crippen molar-refractivity contribution >= 4 is 5.91 Å². The first-order valence-corrected chi connectivity index (χ1v) is 8.60. The first-order chi connectivity index (χ1) is 11.5. The monoisotopic (exact) mass is 327 g/mol. The molecule has 0 saturated carbocycles. The SMILES string of the molecule is Cc1cc(C(=O)N2CCCCC2C(C)O)c(C)n1-c1ccccn1. The smallest absolute Gasteiger partial charge is 0.256 e. The number of piperidine rings is 1. The van der Waals surface area contributed by atoms with E-state index in [1.165, 1.54) is 0 Å². The van der Waals surface area contributed by atoms with Crippen LogP contribution < -0.4 is 0 Å². The quantitative estimate of drug-likeness (QED) is 0.943. The maximum Gasteiger partial charge on any atom is 0.256 e. The van der Waals surface area contributed by atoms with Crippen molar-refractivity contribution in [1.82, 2.24) is 14.5 Å². The van der Waals surface area contributed by atoms with E-state index in [0.29, 0.717) is 12.1 Å². The van der Waals surface area contributed by atoms with Gasteiger partial charge in [-0.15, -0.1) is 0 Å². The number of pyridine rings is 1. The fourth-order valence-corrected chi connectivity index (χ4v) is 3.68. The summed E-state index contributed by atoms with van der Waals surface area (Å²) in [5.74, 6) is 0.827. The Kier molecular flexibility index (Phi) is 4.71. The largest absolute Gasteiger partial charge is 0.391 e. The molecule has 0 aromatic carbocycles. The molecule has 0 aliphatic carbocycles. The van der Waals surface area contributed by atoms with Gasteiger partial charge in [0, 0.05) is 24.1 Å². The van der Waals surface area contributed by atoms with Crippen LogP contribution in [0.25, 0.3) is 5.82 Å². The number of likely N-dealkylation sites (tertiary alicyclic amines) is 1. The summed E-state index contributed by atoms with van der Waals surface area (Å²) in [6, 6.07) is 7.60. The second-order valence-electron chi connectivity index (χ2n) is 6.61. The molecule has 0 bridgehead atoms. The molecule has 1 aliphatic heterocycles. The molecule has 0 radical (unpaired) electrons. The standard InChI is InChI=1S/C19H25N3O2/c1-13-12-16(14(2)22(13)18-9-4-6-10-20-18)19(24)21-11-7-5-8-17(21)15(3)23/h4,6,9-10,12,15,17,23H,5,7-8,11H2,1-3H3. The summed E-state index contributed by atoms with van der Waals surface area (Å²) in [6.45, 7) is 6.42. The van der Waals surface area contributed by atoms with Crippen LogP contribution in [0.15, 0.2) is 30.5 Å². The lowest BCUT2D eigenvalue weighted by Crippen LogP contribution is -2.49. The first-order valence-electron chi connectivity index (χ1n) is 8.60. The first kappa shape index (κ1) is 16.7. The highest BCUT2D eigenvalue weighted by molar-refractivity contribution is 5.96. The van der Waals surface area contributed by atoms with Crippen LogP contribution in [-0.4, -0.2) is 44.2 Å². The van der Waals surface area contributed by atoms with Gasteiger partial charge in [0.05, 0.1) is 17.7 Å². The molecule has 1 N–H and O–H groups in total. The predicted octanol–water partition coefficient (Wildman–Crippen LogP) is 2.86. The maximum atomic E-state index is 13.1. The van der Waals surface area contributed by atoms with Crippen molar-refractivity contribution < 1.29 is 9.90 Å². The molecule has 1 saturated heterocycles. The summed E-state index contributed by atoms with van der Waals surface area (Å²) < 4.78 is 2.01. The average Bonchev–Trinajstić information content (AvgIpc) is 2.89. The molecule has 1 amide bonds. The fraction of sp³-hybridized carbons (Fsp3) is 0.474. The predicted molar refractivity (Wildman–Crippen MR) is 93.4 cm³/mol. The molecule has 1 aliphatic rings. The van der Waals surface area contributed by atoms with E-state index in [0.717, 1.165) is 36.5 Å². The third-order valence-corrected chi connectivity index (χ3v) is 4.91. The van der Waals surface area contributed by atoms with Gasteiger partial charge in [-0.3, -0.25) is 4.79 Å². The summed E-state index contributed by atoms with van der Waals surface area (Å²) >= 11 is 0. The number of aromatic nitrogens is 2. The van der Waals surface area contributed by atoms with Gasteiger partial charge in [0.1, 0.15) is 5.82 Å². The van der Waals surface area contributed by atoms with E-state index >= 15 is 0 Å². The van der Waals surface area contributed by atoms with E-state index in [9.17, 15) is 9.90 Å². The number of hydrogen-bond donors (Lipinski definition) is 1. The Morgan fingerprint density at radius 2 is 2.12 bits per heavy atom. The number of carbonyl (C=O) groups is 1. The molecule has 3 rings (SSSR count). The Hall–Kier alpha value is -2.14. The molecule has 24 heavy (non-hydrogen) atoms. The van der Waals surface area contributed by atoms with Crippen molar-refractivity contribution in [3.05, 3.63) is 47.4 Å². The average molecular weight is 327 g/mol. The minimum absolute atomic E-state index is 0.0101. The summed E-state index contributed by atoms with van der Waals surface area (Å²) in [5, 5.41) is 10.0. The Balaban J connectivity index is 1.96. The van der Waals surface area contributed by atoms with Gasteiger partial charge in [0.25, 0.3) is 5.91 Å². The molecular formula is C19H25N3O2. The lowest BCUT2D eigenvalue weighted by Gasteiger charge is -2.37. The second kappa shape index (κ2) is 6.77. The Morgan fingerprint density at radius 3 is 2.79 bits per heavy atom. The summed E-state index contributed by atoms with van der Waals surface area (Å²) in [5.41, 5.74) is 2.58. The molecule has 2 aromatic rings. The van der Waals surface area contributed by atoms with Gasteiger partial charge in [-0.2, -0.15) is 0 Å². The van der Waals surface area contributed by atoms with Crippen molar-refractivity contribution in [3.8, 4) is 5.82 Å². The van der Waals surface area contributed by atoms with Crippen molar-refractivity contribution in [2.75, 3.05) is 6.54 Å². The molecular weight excluding hydrogens is 302 g/mol. The third-order valence-electron chi connectivity index (χ3n) is 4.91. The molecule has 2 atom stereocenters. The molecule has 128 valence electrons. The van der Waals surface area contributed by atoms with Crippen LogP contribution >= 0.6 is 0 Å². The number of rotatable bonds is 3. The Morgan fingerprint density at radius 1 is 1.33 bits per heavy atom. The van der Waals surface area contributed by atoms with Gasteiger partial charge >= 0.3 is 0 Å². The van der Waals surface area contributed by atoms with Gasteiger partial charge in [-0.05, 0) is 58.2 Å². The Labute approximate surface area is 142 Å². The van der Waals surface area contributed by atoms with Crippen LogP contribution in [0.2, 0.25) is 0 Å². The van der Waals surface area contributed by atoms with E-state index in [4.69, 9.17) is 0 Å². The lowest BCUT2D eigenvalue weighted by atomic mass is 9.97. The van der Waals surface area contributed by atoms with Crippen LogP contribution in [0.1, 0.15) is 47.9 Å². The topological polar surface area (TPSA) is 58.4 Å². The number of nitrogens with zero attached hydrogens (tertiary/aromatic N) is 3. The highest BCUT2D eigenvalue weighted by Crippen LogP contribution is 2.26. The zero-order valence-electron chi connectivity index (χ0n) is 14.6. The van der Waals surface area contributed by atoms with Crippen molar-refractivity contribution in [2.45, 2.75) is 52.2 Å². The second-order valence-corrected chi connectivity index (χ2v) is 6.61. The zero-order valence-corrected chi connectivity index (χ0v) is 14.6. The Bertz CT molecular complexity index is 722. The van der Waals surface area contributed by atoms with Crippen molar-refractivity contribution in [2.24, 2.45) is 0 Å². The van der Waals surface area contributed by atoms with Crippen LogP contribution in [0.3, 0.4) is 0 Å². The van der Waals surface area contributed by atoms with E-state index in [1.807, 2.05) is 47.6 Å². The number of aliphatic hydroxyl groups excluding tert-OH is 1. The normalized spacial score (nSPS) is 19.3. The van der Waals surface area contributed by atoms with Crippen LogP contribution in [0.5, 0.6) is 0 Å². The van der Waals surface area contributed by atoms with E-state index < -0.39 is 6.10 Å². The highest BCUT2D eigenvalue weighted by atomic mass is 16.3. The van der Waals surface area contributed by atoms with E-state index in [2.05, 4.69) is 4.98 Å². The van der Waals surface area contributed by atoms with Crippen molar-refractivity contribution in [1.29, 1.82) is 0 Å². The van der Waals surface area contributed by atoms with Crippen LogP contribution in [0, 0.1) is 13.8 Å². The number of amides is 1. The molecule has 3 heterocycles. The zero-order chi connectivity index (χ0) is 17.3.